The second-order valence-electron chi connectivity index (χ2n) is 10.1. The molecular weight excluding hydrogens is 428 g/mol. The molecule has 1 N–H and O–H groups in total. The number of ketones is 1. The molecule has 0 saturated carbocycles. The number of benzene rings is 2. The van der Waals surface area contributed by atoms with Gasteiger partial charge in [0.25, 0.3) is 0 Å². The normalized spacial score (nSPS) is 19.3. The van der Waals surface area contributed by atoms with Crippen LogP contribution in [0.1, 0.15) is 69.2 Å². The van der Waals surface area contributed by atoms with Crippen LogP contribution in [0, 0.1) is 5.41 Å². The molecular formula is C27H30N4OS. The highest BCUT2D eigenvalue weighted by Crippen LogP contribution is 2.45. The number of nitrogens with zero attached hydrogens (tertiary/aromatic N) is 3. The first-order valence-electron chi connectivity index (χ1n) is 11.6. The number of carbonyl (C=O) groups is 1. The lowest BCUT2D eigenvalue weighted by atomic mass is 9.73. The Balaban J connectivity index is 1.53. The van der Waals surface area contributed by atoms with Gasteiger partial charge in [-0.1, -0.05) is 94.1 Å². The van der Waals surface area contributed by atoms with Crippen molar-refractivity contribution in [1.29, 1.82) is 0 Å². The van der Waals surface area contributed by atoms with Crippen LogP contribution >= 0.6 is 11.8 Å². The predicted octanol–water partition coefficient (Wildman–Crippen LogP) is 6.35. The van der Waals surface area contributed by atoms with Gasteiger partial charge in [-0.3, -0.25) is 4.79 Å². The molecule has 0 amide bonds. The van der Waals surface area contributed by atoms with Crippen LogP contribution in [-0.2, 0) is 10.5 Å². The number of nitrogens with one attached hydrogen (secondary N) is 1. The summed E-state index contributed by atoms with van der Waals surface area (Å²) in [5.41, 5.74) is 5.36. The Morgan fingerprint density at radius 3 is 2.52 bits per heavy atom. The summed E-state index contributed by atoms with van der Waals surface area (Å²) >= 11 is 1.62. The van der Waals surface area contributed by atoms with E-state index in [-0.39, 0.29) is 17.2 Å². The van der Waals surface area contributed by atoms with E-state index in [1.54, 1.807) is 11.8 Å². The summed E-state index contributed by atoms with van der Waals surface area (Å²) in [7, 11) is 0. The summed E-state index contributed by atoms with van der Waals surface area (Å²) in [6.07, 6.45) is 1.38. The van der Waals surface area contributed by atoms with E-state index in [2.05, 4.69) is 69.4 Å². The van der Waals surface area contributed by atoms with Gasteiger partial charge in [0.2, 0.25) is 11.1 Å². The van der Waals surface area contributed by atoms with Gasteiger partial charge in [0.1, 0.15) is 6.04 Å². The maximum Gasteiger partial charge on any atom is 0.227 e. The number of Topliss-reactive ketones (excluding diaryl/α,β-unsaturated/α-hetero) is 1. The molecule has 2 aromatic carbocycles. The number of anilines is 1. The molecule has 2 heterocycles. The van der Waals surface area contributed by atoms with Gasteiger partial charge in [0.15, 0.2) is 5.78 Å². The van der Waals surface area contributed by atoms with E-state index in [0.717, 1.165) is 34.2 Å². The first-order chi connectivity index (χ1) is 15.8. The zero-order valence-corrected chi connectivity index (χ0v) is 20.4. The highest BCUT2D eigenvalue weighted by atomic mass is 32.2. The zero-order chi connectivity index (χ0) is 23.2. The highest BCUT2D eigenvalue weighted by molar-refractivity contribution is 7.98. The molecule has 0 radical (unpaired) electrons. The van der Waals surface area contributed by atoms with Crippen LogP contribution in [0.25, 0.3) is 0 Å². The molecule has 0 spiro atoms. The second kappa shape index (κ2) is 8.49. The first kappa shape index (κ1) is 22.0. The number of fused-ring (bicyclic) bond motifs is 1. The predicted molar refractivity (Wildman–Crippen MR) is 133 cm³/mol. The fourth-order valence-corrected chi connectivity index (χ4v) is 5.53. The van der Waals surface area contributed by atoms with Gasteiger partial charge < -0.3 is 5.32 Å². The van der Waals surface area contributed by atoms with Gasteiger partial charge in [-0.15, -0.1) is 5.10 Å². The van der Waals surface area contributed by atoms with Crippen molar-refractivity contribution in [3.63, 3.8) is 0 Å². The Morgan fingerprint density at radius 2 is 1.82 bits per heavy atom. The van der Waals surface area contributed by atoms with Crippen molar-refractivity contribution in [1.82, 2.24) is 14.8 Å². The smallest absolute Gasteiger partial charge is 0.227 e. The summed E-state index contributed by atoms with van der Waals surface area (Å²) in [5, 5.41) is 9.05. The average Bonchev–Trinajstić information content (AvgIpc) is 3.18. The molecule has 6 heteroatoms. The quantitative estimate of drug-likeness (QED) is 0.451. The fourth-order valence-electron chi connectivity index (χ4n) is 4.74. The van der Waals surface area contributed by atoms with Crippen molar-refractivity contribution in [3.05, 3.63) is 82.6 Å². The van der Waals surface area contributed by atoms with Crippen molar-refractivity contribution in [2.45, 2.75) is 63.4 Å². The number of thioether (sulfide) groups is 1. The van der Waals surface area contributed by atoms with E-state index in [1.165, 1.54) is 11.1 Å². The lowest BCUT2D eigenvalue weighted by Crippen LogP contribution is -2.36. The number of carbonyl (C=O) groups excluding carboxylic acids is 1. The van der Waals surface area contributed by atoms with Gasteiger partial charge >= 0.3 is 0 Å². The van der Waals surface area contributed by atoms with Gasteiger partial charge in [0.05, 0.1) is 0 Å². The van der Waals surface area contributed by atoms with Crippen molar-refractivity contribution in [3.8, 4) is 0 Å². The van der Waals surface area contributed by atoms with Crippen molar-refractivity contribution in [2.24, 2.45) is 5.41 Å². The van der Waals surface area contributed by atoms with Crippen LogP contribution in [0.4, 0.5) is 5.95 Å². The zero-order valence-electron chi connectivity index (χ0n) is 19.6. The maximum absolute atomic E-state index is 13.4. The number of hydrogen-bond donors (Lipinski definition) is 1. The monoisotopic (exact) mass is 458 g/mol. The average molecular weight is 459 g/mol. The third kappa shape index (κ3) is 4.36. The molecule has 2 aliphatic rings. The molecule has 1 aliphatic heterocycles. The summed E-state index contributed by atoms with van der Waals surface area (Å²) in [5.74, 6) is 2.18. The van der Waals surface area contributed by atoms with Crippen molar-refractivity contribution < 1.29 is 4.79 Å². The lowest BCUT2D eigenvalue weighted by Gasteiger charge is -2.38. The molecule has 0 fully saturated rings. The van der Waals surface area contributed by atoms with Crippen molar-refractivity contribution >= 4 is 23.5 Å². The van der Waals surface area contributed by atoms with Crippen molar-refractivity contribution in [2.75, 3.05) is 5.32 Å². The van der Waals surface area contributed by atoms with Gasteiger partial charge in [-0.2, -0.15) is 4.98 Å². The molecule has 170 valence electrons. The number of allylic oxidation sites excluding steroid dienone is 2. The summed E-state index contributed by atoms with van der Waals surface area (Å²) in [4.78, 5) is 18.2. The summed E-state index contributed by atoms with van der Waals surface area (Å²) in [6, 6.07) is 18.7. The lowest BCUT2D eigenvalue weighted by molar-refractivity contribution is -0.118. The van der Waals surface area contributed by atoms with E-state index in [4.69, 9.17) is 10.1 Å². The van der Waals surface area contributed by atoms with E-state index in [1.807, 2.05) is 22.9 Å². The molecule has 0 bridgehead atoms. The van der Waals surface area contributed by atoms with Crippen LogP contribution in [0.2, 0.25) is 0 Å². The Bertz CT molecular complexity index is 1210. The van der Waals surface area contributed by atoms with Crippen LogP contribution in [0.15, 0.2) is 71.0 Å². The maximum atomic E-state index is 13.4. The Hall–Kier alpha value is -2.86. The van der Waals surface area contributed by atoms with Gasteiger partial charge in [0, 0.05) is 23.4 Å². The molecule has 33 heavy (non-hydrogen) atoms. The van der Waals surface area contributed by atoms with E-state index >= 15 is 0 Å². The standard InChI is InChI=1S/C27H30N4OS/c1-17(2)19-10-12-20(13-11-19)24-23-21(14-27(3,4)15-22(23)32)28-25-29-26(30-31(24)25)33-16-18-8-6-5-7-9-18/h5-13,17,24H,14-16H2,1-4H3,(H,28,29,30). The Labute approximate surface area is 199 Å². The Morgan fingerprint density at radius 1 is 1.09 bits per heavy atom. The number of rotatable bonds is 5. The number of hydrogen-bond acceptors (Lipinski definition) is 5. The van der Waals surface area contributed by atoms with E-state index in [0.29, 0.717) is 18.3 Å². The largest absolute Gasteiger partial charge is 0.328 e. The van der Waals surface area contributed by atoms with Crippen LogP contribution in [0.5, 0.6) is 0 Å². The SMILES string of the molecule is CC(C)c1ccc(C2C3=C(CC(C)(C)CC3=O)Nc3nc(SCc4ccccc4)nn32)cc1. The number of aromatic nitrogens is 3. The molecule has 0 saturated heterocycles. The molecule has 5 rings (SSSR count). The highest BCUT2D eigenvalue weighted by Gasteiger charge is 2.41. The van der Waals surface area contributed by atoms with Crippen LogP contribution in [-0.4, -0.2) is 20.5 Å². The fraction of sp³-hybridized carbons (Fsp3) is 0.370. The molecule has 3 aromatic rings. The molecule has 5 nitrogen and oxygen atoms in total. The summed E-state index contributed by atoms with van der Waals surface area (Å²) < 4.78 is 1.91. The van der Waals surface area contributed by atoms with E-state index in [9.17, 15) is 4.79 Å². The molecule has 1 atom stereocenters. The third-order valence-electron chi connectivity index (χ3n) is 6.44. The van der Waals surface area contributed by atoms with Crippen LogP contribution in [0.3, 0.4) is 0 Å². The molecule has 1 aliphatic carbocycles. The Kier molecular flexibility index (Phi) is 5.65. The molecule has 1 aromatic heterocycles. The third-order valence-corrected chi connectivity index (χ3v) is 7.35. The summed E-state index contributed by atoms with van der Waals surface area (Å²) in [6.45, 7) is 8.70. The minimum atomic E-state index is -0.250. The van der Waals surface area contributed by atoms with E-state index < -0.39 is 0 Å². The molecule has 1 unspecified atom stereocenters. The minimum absolute atomic E-state index is 0.0674. The first-order valence-corrected chi connectivity index (χ1v) is 12.6. The van der Waals surface area contributed by atoms with Crippen LogP contribution < -0.4 is 5.32 Å². The van der Waals surface area contributed by atoms with Gasteiger partial charge in [-0.25, -0.2) is 4.68 Å². The minimum Gasteiger partial charge on any atom is -0.328 e. The topological polar surface area (TPSA) is 59.8 Å². The van der Waals surface area contributed by atoms with Gasteiger partial charge in [-0.05, 0) is 34.4 Å². The second-order valence-corrected chi connectivity index (χ2v) is 11.1.